The van der Waals surface area contributed by atoms with Gasteiger partial charge in [-0.05, 0) is 17.2 Å². The number of carboxylic acid groups (broad SMARTS) is 1. The summed E-state index contributed by atoms with van der Waals surface area (Å²) >= 11 is 0. The second-order valence-electron chi connectivity index (χ2n) is 6.27. The molecule has 3 rings (SSSR count). The maximum atomic E-state index is 12.9. The molecule has 1 aromatic rings. The van der Waals surface area contributed by atoms with Crippen LogP contribution in [0.15, 0.2) is 72.8 Å². The van der Waals surface area contributed by atoms with E-state index in [4.69, 9.17) is 4.74 Å². The SMILES string of the molecule is O=C(O)C(CCO)N(C(=O)OCc1ccccc1)c1ccc2cccccc1-2. The standard InChI is InChI=1S/C22H21NO5/c24-14-13-20(21(25)26)23(22(27)28-15-16-7-3-1-4-8-16)19-12-11-17-9-5-2-6-10-18(17)19/h1-12,20,24H,13-15H2,(H,25,26). The Bertz CT molecular complexity index is 912. The lowest BCUT2D eigenvalue weighted by Gasteiger charge is -2.28. The molecule has 2 N–H and O–H groups in total. The molecule has 1 amide bonds. The number of hydrogen-bond donors (Lipinski definition) is 2. The van der Waals surface area contributed by atoms with Crippen LogP contribution < -0.4 is 4.90 Å². The van der Waals surface area contributed by atoms with E-state index in [2.05, 4.69) is 0 Å². The second-order valence-corrected chi connectivity index (χ2v) is 6.27. The van der Waals surface area contributed by atoms with Gasteiger partial charge in [-0.25, -0.2) is 9.59 Å². The van der Waals surface area contributed by atoms with Gasteiger partial charge in [0.1, 0.15) is 12.6 Å². The third-order valence-corrected chi connectivity index (χ3v) is 4.43. The number of fused-ring (bicyclic) bond motifs is 1. The maximum absolute atomic E-state index is 12.9. The van der Waals surface area contributed by atoms with E-state index in [1.165, 1.54) is 0 Å². The van der Waals surface area contributed by atoms with Crippen molar-refractivity contribution in [2.75, 3.05) is 11.5 Å². The van der Waals surface area contributed by atoms with Crippen molar-refractivity contribution in [3.63, 3.8) is 0 Å². The van der Waals surface area contributed by atoms with Crippen LogP contribution in [0.5, 0.6) is 0 Å². The van der Waals surface area contributed by atoms with Crippen LogP contribution in [0.2, 0.25) is 0 Å². The first kappa shape index (κ1) is 19.4. The average molecular weight is 379 g/mol. The number of anilines is 1. The van der Waals surface area contributed by atoms with Gasteiger partial charge in [-0.2, -0.15) is 0 Å². The number of nitrogens with zero attached hydrogens (tertiary/aromatic N) is 1. The topological polar surface area (TPSA) is 87.1 Å². The molecule has 0 bridgehead atoms. The van der Waals surface area contributed by atoms with Crippen molar-refractivity contribution in [2.24, 2.45) is 0 Å². The predicted molar refractivity (Wildman–Crippen MR) is 105 cm³/mol. The minimum absolute atomic E-state index is 0.0219. The van der Waals surface area contributed by atoms with Crippen LogP contribution in [-0.4, -0.2) is 34.9 Å². The molecule has 0 saturated heterocycles. The highest BCUT2D eigenvalue weighted by Crippen LogP contribution is 2.36. The van der Waals surface area contributed by atoms with Crippen LogP contribution in [0.3, 0.4) is 0 Å². The molecule has 0 aromatic heterocycles. The lowest BCUT2D eigenvalue weighted by Crippen LogP contribution is -2.46. The Balaban J connectivity index is 1.95. The summed E-state index contributed by atoms with van der Waals surface area (Å²) in [4.78, 5) is 25.9. The molecule has 2 aliphatic carbocycles. The molecule has 1 aromatic carbocycles. The highest BCUT2D eigenvalue weighted by molar-refractivity contribution is 6.00. The van der Waals surface area contributed by atoms with E-state index >= 15 is 0 Å². The number of aliphatic carboxylic acids is 1. The zero-order valence-corrected chi connectivity index (χ0v) is 15.2. The first-order chi connectivity index (χ1) is 13.6. The number of hydrogen-bond acceptors (Lipinski definition) is 4. The number of rotatable bonds is 7. The highest BCUT2D eigenvalue weighted by Gasteiger charge is 2.34. The molecule has 1 unspecified atom stereocenters. The Hall–Kier alpha value is -3.38. The molecule has 6 nitrogen and oxygen atoms in total. The van der Waals surface area contributed by atoms with Crippen molar-refractivity contribution in [3.05, 3.63) is 78.4 Å². The number of carbonyl (C=O) groups is 2. The molecule has 1 atom stereocenters. The second kappa shape index (κ2) is 9.01. The van der Waals surface area contributed by atoms with Gasteiger partial charge in [-0.1, -0.05) is 66.7 Å². The summed E-state index contributed by atoms with van der Waals surface area (Å²) < 4.78 is 5.41. The van der Waals surface area contributed by atoms with Crippen LogP contribution in [-0.2, 0) is 16.1 Å². The average Bonchev–Trinajstić information content (AvgIpc) is 2.94. The van der Waals surface area contributed by atoms with Crippen molar-refractivity contribution in [2.45, 2.75) is 19.1 Å². The van der Waals surface area contributed by atoms with Crippen molar-refractivity contribution in [1.82, 2.24) is 0 Å². The fourth-order valence-electron chi connectivity index (χ4n) is 3.08. The highest BCUT2D eigenvalue weighted by atomic mass is 16.6. The van der Waals surface area contributed by atoms with E-state index in [9.17, 15) is 19.8 Å². The van der Waals surface area contributed by atoms with Crippen molar-refractivity contribution < 1.29 is 24.5 Å². The Morgan fingerprint density at radius 3 is 2.29 bits per heavy atom. The maximum Gasteiger partial charge on any atom is 0.415 e. The lowest BCUT2D eigenvalue weighted by atomic mass is 10.1. The minimum Gasteiger partial charge on any atom is -0.480 e. The first-order valence-electron chi connectivity index (χ1n) is 8.93. The third kappa shape index (κ3) is 4.29. The van der Waals surface area contributed by atoms with Gasteiger partial charge < -0.3 is 14.9 Å². The Kier molecular flexibility index (Phi) is 6.24. The summed E-state index contributed by atoms with van der Waals surface area (Å²) in [6.07, 6.45) is -0.884. The van der Waals surface area contributed by atoms with Crippen molar-refractivity contribution in [1.29, 1.82) is 0 Å². The largest absolute Gasteiger partial charge is 0.480 e. The molecule has 6 heteroatoms. The van der Waals surface area contributed by atoms with Crippen LogP contribution >= 0.6 is 0 Å². The summed E-state index contributed by atoms with van der Waals surface area (Å²) in [5.41, 5.74) is 2.83. The minimum atomic E-state index is -1.25. The van der Waals surface area contributed by atoms with Gasteiger partial charge in [0.25, 0.3) is 0 Å². The van der Waals surface area contributed by atoms with Gasteiger partial charge in [-0.3, -0.25) is 4.90 Å². The van der Waals surface area contributed by atoms with E-state index in [-0.39, 0.29) is 19.6 Å². The number of aliphatic hydroxyl groups is 1. The molecule has 28 heavy (non-hydrogen) atoms. The lowest BCUT2D eigenvalue weighted by molar-refractivity contribution is -0.139. The van der Waals surface area contributed by atoms with Gasteiger partial charge in [0.15, 0.2) is 0 Å². The fourth-order valence-corrected chi connectivity index (χ4v) is 3.08. The third-order valence-electron chi connectivity index (χ3n) is 4.43. The number of carbonyl (C=O) groups excluding carboxylic acids is 1. The summed E-state index contributed by atoms with van der Waals surface area (Å²) in [5, 5.41) is 19.0. The van der Waals surface area contributed by atoms with Gasteiger partial charge in [-0.15, -0.1) is 0 Å². The normalized spacial score (nSPS) is 11.8. The molecule has 144 valence electrons. The van der Waals surface area contributed by atoms with Crippen molar-refractivity contribution >= 4 is 17.7 Å². The molecule has 0 heterocycles. The van der Waals surface area contributed by atoms with Gasteiger partial charge in [0.05, 0.1) is 5.69 Å². The van der Waals surface area contributed by atoms with Crippen LogP contribution in [0.25, 0.3) is 11.1 Å². The summed E-state index contributed by atoms with van der Waals surface area (Å²) in [7, 11) is 0. The molecule has 0 radical (unpaired) electrons. The monoisotopic (exact) mass is 379 g/mol. The molecule has 0 fully saturated rings. The van der Waals surface area contributed by atoms with E-state index in [0.717, 1.165) is 21.6 Å². The number of amides is 1. The molecule has 0 aliphatic heterocycles. The van der Waals surface area contributed by atoms with Crippen LogP contribution in [0.1, 0.15) is 12.0 Å². The molecular weight excluding hydrogens is 358 g/mol. The van der Waals surface area contributed by atoms with E-state index in [1.807, 2.05) is 66.7 Å². The van der Waals surface area contributed by atoms with Crippen LogP contribution in [0, 0.1) is 0 Å². The molecule has 0 spiro atoms. The zero-order valence-electron chi connectivity index (χ0n) is 15.2. The predicted octanol–water partition coefficient (Wildman–Crippen LogP) is 3.77. The molecule has 2 aliphatic rings. The molecular formula is C22H21NO5. The quantitative estimate of drug-likeness (QED) is 0.652. The number of carboxylic acids is 1. The van der Waals surface area contributed by atoms with Crippen molar-refractivity contribution in [3.8, 4) is 11.1 Å². The van der Waals surface area contributed by atoms with E-state index in [0.29, 0.717) is 5.69 Å². The van der Waals surface area contributed by atoms with Crippen LogP contribution in [0.4, 0.5) is 10.5 Å². The Morgan fingerprint density at radius 1 is 0.929 bits per heavy atom. The van der Waals surface area contributed by atoms with E-state index < -0.39 is 18.1 Å². The number of ether oxygens (including phenoxy) is 1. The summed E-state index contributed by atoms with van der Waals surface area (Å²) in [6, 6.07) is 20.7. The zero-order chi connectivity index (χ0) is 19.9. The van der Waals surface area contributed by atoms with Gasteiger partial charge in [0.2, 0.25) is 0 Å². The fraction of sp³-hybridized carbons (Fsp3) is 0.182. The Morgan fingerprint density at radius 2 is 1.61 bits per heavy atom. The molecule has 0 saturated carbocycles. The van der Waals surface area contributed by atoms with Gasteiger partial charge in [0, 0.05) is 18.6 Å². The Labute approximate surface area is 162 Å². The number of aliphatic hydroxyl groups excluding tert-OH is 1. The smallest absolute Gasteiger partial charge is 0.415 e. The summed E-state index contributed by atoms with van der Waals surface area (Å²) in [5.74, 6) is -1.21. The number of benzene rings is 1. The summed E-state index contributed by atoms with van der Waals surface area (Å²) in [6.45, 7) is -0.347. The first-order valence-corrected chi connectivity index (χ1v) is 8.93. The van der Waals surface area contributed by atoms with E-state index in [1.54, 1.807) is 6.07 Å². The van der Waals surface area contributed by atoms with Gasteiger partial charge >= 0.3 is 12.1 Å².